The molecule has 4 aliphatic carbocycles. The summed E-state index contributed by atoms with van der Waals surface area (Å²) >= 11 is 0. The molecular weight excluding hydrogens is 246 g/mol. The maximum absolute atomic E-state index is 9.47. The van der Waals surface area contributed by atoms with Crippen LogP contribution in [0.5, 0.6) is 0 Å². The Morgan fingerprint density at radius 3 is 2.05 bits per heavy atom. The Hall–Kier alpha value is -1.31. The van der Waals surface area contributed by atoms with Crippen LogP contribution >= 0.6 is 0 Å². The van der Waals surface area contributed by atoms with Gasteiger partial charge in [-0.25, -0.2) is 0 Å². The Morgan fingerprint density at radius 1 is 1.00 bits per heavy atom. The summed E-state index contributed by atoms with van der Waals surface area (Å²) in [6.45, 7) is 0. The van der Waals surface area contributed by atoms with Crippen molar-refractivity contribution >= 4 is 5.71 Å². The lowest BCUT2D eigenvalue weighted by molar-refractivity contribution is -0.0483. The molecule has 1 aromatic carbocycles. The molecule has 0 radical (unpaired) electrons. The first-order valence-electron chi connectivity index (χ1n) is 8.03. The van der Waals surface area contributed by atoms with E-state index in [9.17, 15) is 5.21 Å². The van der Waals surface area contributed by atoms with Crippen LogP contribution in [0.4, 0.5) is 0 Å². The monoisotopic (exact) mass is 269 g/mol. The predicted molar refractivity (Wildman–Crippen MR) is 80.0 cm³/mol. The molecule has 0 atom stereocenters. The second-order valence-corrected chi connectivity index (χ2v) is 7.51. The predicted octanol–water partition coefficient (Wildman–Crippen LogP) is 4.47. The van der Waals surface area contributed by atoms with Gasteiger partial charge in [-0.2, -0.15) is 0 Å². The van der Waals surface area contributed by atoms with E-state index in [1.807, 2.05) is 18.2 Å². The highest BCUT2D eigenvalue weighted by molar-refractivity contribution is 6.00. The van der Waals surface area contributed by atoms with Crippen LogP contribution in [0.2, 0.25) is 0 Å². The van der Waals surface area contributed by atoms with Crippen molar-refractivity contribution in [1.82, 2.24) is 0 Å². The third-order valence-electron chi connectivity index (χ3n) is 5.94. The van der Waals surface area contributed by atoms with Gasteiger partial charge in [-0.3, -0.25) is 0 Å². The fourth-order valence-corrected chi connectivity index (χ4v) is 5.69. The highest BCUT2D eigenvalue weighted by Crippen LogP contribution is 2.61. The smallest absolute Gasteiger partial charge is 0.0873 e. The second-order valence-electron chi connectivity index (χ2n) is 7.51. The van der Waals surface area contributed by atoms with Gasteiger partial charge in [0, 0.05) is 0 Å². The molecule has 0 aromatic heterocycles. The van der Waals surface area contributed by atoms with Gasteiger partial charge in [0.05, 0.1) is 5.71 Å². The van der Waals surface area contributed by atoms with Crippen molar-refractivity contribution < 1.29 is 5.21 Å². The van der Waals surface area contributed by atoms with Gasteiger partial charge in [0.2, 0.25) is 0 Å². The zero-order chi connectivity index (χ0) is 13.6. The first-order valence-corrected chi connectivity index (χ1v) is 8.03. The van der Waals surface area contributed by atoms with Crippen molar-refractivity contribution in [3.63, 3.8) is 0 Å². The van der Waals surface area contributed by atoms with Crippen LogP contribution in [-0.2, 0) is 0 Å². The lowest BCUT2D eigenvalue weighted by Gasteiger charge is -2.57. The van der Waals surface area contributed by atoms with Gasteiger partial charge in [-0.05, 0) is 73.7 Å². The zero-order valence-electron chi connectivity index (χ0n) is 12.0. The van der Waals surface area contributed by atoms with Crippen molar-refractivity contribution in [3.8, 4) is 0 Å². The van der Waals surface area contributed by atoms with Gasteiger partial charge >= 0.3 is 0 Å². The van der Waals surface area contributed by atoms with Crippen molar-refractivity contribution in [2.75, 3.05) is 0 Å². The summed E-state index contributed by atoms with van der Waals surface area (Å²) in [5.74, 6) is 2.87. The molecule has 0 saturated heterocycles. The third kappa shape index (κ3) is 2.06. The van der Waals surface area contributed by atoms with Crippen LogP contribution in [0.1, 0.15) is 50.5 Å². The number of benzene rings is 1. The molecule has 4 saturated carbocycles. The maximum atomic E-state index is 9.47. The van der Waals surface area contributed by atoms with Crippen LogP contribution in [-0.4, -0.2) is 10.9 Å². The van der Waals surface area contributed by atoms with E-state index in [-0.39, 0.29) is 0 Å². The molecule has 0 amide bonds. The minimum absolute atomic E-state index is 0.437. The van der Waals surface area contributed by atoms with E-state index in [0.29, 0.717) is 5.41 Å². The first kappa shape index (κ1) is 12.4. The molecule has 106 valence electrons. The first-order chi connectivity index (χ1) is 9.76. The highest BCUT2D eigenvalue weighted by Gasteiger charge is 2.51. The zero-order valence-corrected chi connectivity index (χ0v) is 12.0. The van der Waals surface area contributed by atoms with Crippen LogP contribution in [0, 0.1) is 23.2 Å². The lowest BCUT2D eigenvalue weighted by atomic mass is 9.48. The Balaban J connectivity index is 1.59. The van der Waals surface area contributed by atoms with Crippen molar-refractivity contribution in [2.45, 2.75) is 44.9 Å². The van der Waals surface area contributed by atoms with Gasteiger partial charge in [0.25, 0.3) is 0 Å². The minimum Gasteiger partial charge on any atom is -0.411 e. The molecule has 0 heterocycles. The van der Waals surface area contributed by atoms with Crippen molar-refractivity contribution in [3.05, 3.63) is 35.9 Å². The fourth-order valence-electron chi connectivity index (χ4n) is 5.69. The molecule has 1 aromatic rings. The van der Waals surface area contributed by atoms with Crippen LogP contribution in [0.25, 0.3) is 0 Å². The number of oxime groups is 1. The second kappa shape index (κ2) is 4.61. The summed E-state index contributed by atoms with van der Waals surface area (Å²) < 4.78 is 0. The van der Waals surface area contributed by atoms with Crippen LogP contribution in [0.15, 0.2) is 35.5 Å². The largest absolute Gasteiger partial charge is 0.411 e. The molecule has 5 rings (SSSR count). The Kier molecular flexibility index (Phi) is 2.87. The molecule has 0 unspecified atom stereocenters. The number of rotatable bonds is 3. The SMILES string of the molecule is O/N=C(\CC12CC3CC(CC(C3)C1)C2)c1ccccc1. The molecule has 4 bridgehead atoms. The molecule has 20 heavy (non-hydrogen) atoms. The van der Waals surface area contributed by atoms with Gasteiger partial charge < -0.3 is 5.21 Å². The van der Waals surface area contributed by atoms with E-state index < -0.39 is 0 Å². The number of hydrogen-bond donors (Lipinski definition) is 1. The molecule has 1 N–H and O–H groups in total. The minimum atomic E-state index is 0.437. The van der Waals surface area contributed by atoms with Gasteiger partial charge in [0.1, 0.15) is 0 Å². The summed E-state index contributed by atoms with van der Waals surface area (Å²) in [6.07, 6.45) is 9.47. The molecule has 2 heteroatoms. The molecule has 2 nitrogen and oxygen atoms in total. The number of hydrogen-bond acceptors (Lipinski definition) is 2. The molecule has 0 aliphatic heterocycles. The third-order valence-corrected chi connectivity index (χ3v) is 5.94. The topological polar surface area (TPSA) is 32.6 Å². The maximum Gasteiger partial charge on any atom is 0.0873 e. The molecule has 4 fully saturated rings. The molecule has 0 spiro atoms. The van der Waals surface area contributed by atoms with Crippen molar-refractivity contribution in [2.24, 2.45) is 28.3 Å². The van der Waals surface area contributed by atoms with Crippen molar-refractivity contribution in [1.29, 1.82) is 0 Å². The lowest BCUT2D eigenvalue weighted by Crippen LogP contribution is -2.46. The Morgan fingerprint density at radius 2 is 1.55 bits per heavy atom. The summed E-state index contributed by atoms with van der Waals surface area (Å²) in [7, 11) is 0. The van der Waals surface area contributed by atoms with E-state index >= 15 is 0 Å². The quantitative estimate of drug-likeness (QED) is 0.490. The van der Waals surface area contributed by atoms with E-state index in [1.165, 1.54) is 38.5 Å². The van der Waals surface area contributed by atoms with E-state index in [4.69, 9.17) is 0 Å². The number of nitrogens with zero attached hydrogens (tertiary/aromatic N) is 1. The van der Waals surface area contributed by atoms with E-state index in [1.54, 1.807) is 0 Å². The average molecular weight is 269 g/mol. The highest BCUT2D eigenvalue weighted by atomic mass is 16.4. The van der Waals surface area contributed by atoms with Gasteiger partial charge in [-0.15, -0.1) is 0 Å². The van der Waals surface area contributed by atoms with E-state index in [2.05, 4.69) is 17.3 Å². The molecular formula is C18H23NO. The van der Waals surface area contributed by atoms with Gasteiger partial charge in [-0.1, -0.05) is 35.5 Å². The average Bonchev–Trinajstić information content (AvgIpc) is 2.44. The summed E-state index contributed by atoms with van der Waals surface area (Å²) in [6, 6.07) is 10.2. The fraction of sp³-hybridized carbons (Fsp3) is 0.611. The Bertz CT molecular complexity index is 484. The standard InChI is InChI=1S/C18H23NO/c20-19-17(16-4-2-1-3-5-16)12-18-9-13-6-14(10-18)8-15(7-13)11-18/h1-5,13-15,20H,6-12H2/b19-17+. The van der Waals surface area contributed by atoms with E-state index in [0.717, 1.165) is 35.4 Å². The Labute approximate surface area is 120 Å². The van der Waals surface area contributed by atoms with Crippen LogP contribution < -0.4 is 0 Å². The van der Waals surface area contributed by atoms with Crippen LogP contribution in [0.3, 0.4) is 0 Å². The normalized spacial score (nSPS) is 39.2. The summed E-state index contributed by atoms with van der Waals surface area (Å²) in [5, 5.41) is 13.1. The summed E-state index contributed by atoms with van der Waals surface area (Å²) in [5.41, 5.74) is 2.42. The summed E-state index contributed by atoms with van der Waals surface area (Å²) in [4.78, 5) is 0. The molecule has 4 aliphatic rings. The van der Waals surface area contributed by atoms with Gasteiger partial charge in [0.15, 0.2) is 0 Å².